The zero-order chi connectivity index (χ0) is 15.9. The molecule has 0 radical (unpaired) electrons. The lowest BCUT2D eigenvalue weighted by Crippen LogP contribution is -2.43. The van der Waals surface area contributed by atoms with Crippen LogP contribution in [0.2, 0.25) is 0 Å². The Morgan fingerprint density at radius 1 is 1.14 bits per heavy atom. The first kappa shape index (κ1) is 16.0. The lowest BCUT2D eigenvalue weighted by Gasteiger charge is -2.25. The average Bonchev–Trinajstić information content (AvgIpc) is 2.55. The predicted molar refractivity (Wildman–Crippen MR) is 86.9 cm³/mol. The molecule has 1 heterocycles. The van der Waals surface area contributed by atoms with Crippen molar-refractivity contribution in [1.29, 1.82) is 0 Å². The van der Waals surface area contributed by atoms with Gasteiger partial charge in [-0.1, -0.05) is 12.1 Å². The second-order valence-electron chi connectivity index (χ2n) is 5.54. The van der Waals surface area contributed by atoms with E-state index in [0.717, 1.165) is 30.5 Å². The van der Waals surface area contributed by atoms with E-state index in [1.165, 1.54) is 6.21 Å². The SMILES string of the molecule is CN(C)c1ccc(/C=N\NC(=O)C(=O)N2CCCCC2)cc1. The highest BCUT2D eigenvalue weighted by Crippen LogP contribution is 2.11. The molecule has 0 saturated carbocycles. The highest BCUT2D eigenvalue weighted by atomic mass is 16.2. The van der Waals surface area contributed by atoms with Gasteiger partial charge < -0.3 is 9.80 Å². The van der Waals surface area contributed by atoms with Crippen molar-refractivity contribution in [3.05, 3.63) is 29.8 Å². The first-order chi connectivity index (χ1) is 10.6. The van der Waals surface area contributed by atoms with E-state index in [-0.39, 0.29) is 0 Å². The average molecular weight is 302 g/mol. The van der Waals surface area contributed by atoms with Gasteiger partial charge in [-0.05, 0) is 37.0 Å². The minimum Gasteiger partial charge on any atom is -0.378 e. The molecule has 1 aliphatic heterocycles. The van der Waals surface area contributed by atoms with Crippen LogP contribution in [-0.2, 0) is 9.59 Å². The van der Waals surface area contributed by atoms with E-state index in [2.05, 4.69) is 10.5 Å². The maximum absolute atomic E-state index is 11.9. The Kier molecular flexibility index (Phi) is 5.52. The standard InChI is InChI=1S/C16H22N4O2/c1-19(2)14-8-6-13(7-9-14)12-17-18-15(21)16(22)20-10-4-3-5-11-20/h6-9,12H,3-5,10-11H2,1-2H3,(H,18,21)/b17-12-. The number of nitrogens with zero attached hydrogens (tertiary/aromatic N) is 3. The summed E-state index contributed by atoms with van der Waals surface area (Å²) in [6.07, 6.45) is 4.56. The summed E-state index contributed by atoms with van der Waals surface area (Å²) in [5.74, 6) is -1.18. The second kappa shape index (κ2) is 7.59. The maximum Gasteiger partial charge on any atom is 0.329 e. The monoisotopic (exact) mass is 302 g/mol. The number of hydrogen-bond acceptors (Lipinski definition) is 4. The Bertz CT molecular complexity index is 546. The molecule has 2 rings (SSSR count). The van der Waals surface area contributed by atoms with Crippen LogP contribution in [0, 0.1) is 0 Å². The van der Waals surface area contributed by atoms with E-state index in [0.29, 0.717) is 13.1 Å². The number of likely N-dealkylation sites (tertiary alicyclic amines) is 1. The van der Waals surface area contributed by atoms with Crippen LogP contribution in [0.4, 0.5) is 5.69 Å². The molecule has 1 aromatic carbocycles. The van der Waals surface area contributed by atoms with Crippen LogP contribution in [-0.4, -0.2) is 50.1 Å². The van der Waals surface area contributed by atoms with Crippen LogP contribution in [0.3, 0.4) is 0 Å². The van der Waals surface area contributed by atoms with Gasteiger partial charge >= 0.3 is 11.8 Å². The third kappa shape index (κ3) is 4.31. The Morgan fingerprint density at radius 3 is 2.36 bits per heavy atom. The number of rotatable bonds is 3. The number of nitrogens with one attached hydrogen (secondary N) is 1. The van der Waals surface area contributed by atoms with Gasteiger partial charge in [-0.15, -0.1) is 0 Å². The molecule has 0 bridgehead atoms. The number of amides is 2. The van der Waals surface area contributed by atoms with Crippen molar-refractivity contribution in [3.8, 4) is 0 Å². The third-order valence-electron chi connectivity index (χ3n) is 3.63. The normalized spacial score (nSPS) is 14.9. The molecule has 1 saturated heterocycles. The van der Waals surface area contributed by atoms with Crippen molar-refractivity contribution < 1.29 is 9.59 Å². The van der Waals surface area contributed by atoms with E-state index in [1.807, 2.05) is 43.3 Å². The third-order valence-corrected chi connectivity index (χ3v) is 3.63. The van der Waals surface area contributed by atoms with Crippen LogP contribution in [0.1, 0.15) is 24.8 Å². The predicted octanol–water partition coefficient (Wildman–Crippen LogP) is 1.22. The summed E-state index contributed by atoms with van der Waals surface area (Å²) < 4.78 is 0. The highest BCUT2D eigenvalue weighted by Gasteiger charge is 2.22. The van der Waals surface area contributed by atoms with Crippen LogP contribution >= 0.6 is 0 Å². The van der Waals surface area contributed by atoms with Gasteiger partial charge in [-0.3, -0.25) is 9.59 Å². The zero-order valence-corrected chi connectivity index (χ0v) is 13.1. The number of hydrazone groups is 1. The Hall–Kier alpha value is -2.37. The fourth-order valence-electron chi connectivity index (χ4n) is 2.31. The summed E-state index contributed by atoms with van der Waals surface area (Å²) in [5, 5.41) is 3.85. The van der Waals surface area contributed by atoms with Gasteiger partial charge in [0.05, 0.1) is 6.21 Å². The van der Waals surface area contributed by atoms with E-state index in [9.17, 15) is 9.59 Å². The van der Waals surface area contributed by atoms with Gasteiger partial charge in [0.1, 0.15) is 0 Å². The molecule has 1 aromatic rings. The molecule has 2 amide bonds. The van der Waals surface area contributed by atoms with Crippen molar-refractivity contribution in [1.82, 2.24) is 10.3 Å². The summed E-state index contributed by atoms with van der Waals surface area (Å²) in [6, 6.07) is 7.72. The highest BCUT2D eigenvalue weighted by molar-refractivity contribution is 6.35. The lowest BCUT2D eigenvalue weighted by atomic mass is 10.1. The summed E-state index contributed by atoms with van der Waals surface area (Å²) in [7, 11) is 3.94. The van der Waals surface area contributed by atoms with Crippen molar-refractivity contribution in [2.45, 2.75) is 19.3 Å². The largest absolute Gasteiger partial charge is 0.378 e. The zero-order valence-electron chi connectivity index (χ0n) is 13.1. The van der Waals surface area contributed by atoms with E-state index >= 15 is 0 Å². The summed E-state index contributed by atoms with van der Waals surface area (Å²) >= 11 is 0. The Balaban J connectivity index is 1.85. The lowest BCUT2D eigenvalue weighted by molar-refractivity contribution is -0.146. The molecule has 6 nitrogen and oxygen atoms in total. The van der Waals surface area contributed by atoms with Crippen molar-refractivity contribution >= 4 is 23.7 Å². The molecule has 0 aliphatic carbocycles. The molecule has 6 heteroatoms. The molecule has 0 aromatic heterocycles. The summed E-state index contributed by atoms with van der Waals surface area (Å²) in [6.45, 7) is 1.31. The minimum absolute atomic E-state index is 0.500. The van der Waals surface area contributed by atoms with E-state index in [4.69, 9.17) is 0 Å². The van der Waals surface area contributed by atoms with Crippen molar-refractivity contribution in [2.24, 2.45) is 5.10 Å². The van der Waals surface area contributed by atoms with Gasteiger partial charge in [0.15, 0.2) is 0 Å². The molecule has 1 aliphatic rings. The quantitative estimate of drug-likeness (QED) is 0.518. The molecule has 0 atom stereocenters. The molecule has 1 N–H and O–H groups in total. The Morgan fingerprint density at radius 2 is 1.77 bits per heavy atom. The molecule has 1 fully saturated rings. The fraction of sp³-hybridized carbons (Fsp3) is 0.438. The molecule has 0 unspecified atom stereocenters. The molecule has 22 heavy (non-hydrogen) atoms. The van der Waals surface area contributed by atoms with E-state index in [1.54, 1.807) is 4.90 Å². The molecular weight excluding hydrogens is 280 g/mol. The summed E-state index contributed by atoms with van der Waals surface area (Å²) in [4.78, 5) is 27.2. The van der Waals surface area contributed by atoms with Crippen LogP contribution < -0.4 is 10.3 Å². The number of anilines is 1. The first-order valence-electron chi connectivity index (χ1n) is 7.47. The van der Waals surface area contributed by atoms with Gasteiger partial charge in [0.2, 0.25) is 0 Å². The van der Waals surface area contributed by atoms with Gasteiger partial charge in [-0.2, -0.15) is 5.10 Å². The number of benzene rings is 1. The Labute approximate surface area is 130 Å². The number of carbonyl (C=O) groups excluding carboxylic acids is 2. The minimum atomic E-state index is -0.678. The first-order valence-corrected chi connectivity index (χ1v) is 7.47. The van der Waals surface area contributed by atoms with Crippen molar-refractivity contribution in [2.75, 3.05) is 32.1 Å². The fourth-order valence-corrected chi connectivity index (χ4v) is 2.31. The second-order valence-corrected chi connectivity index (χ2v) is 5.54. The number of piperidine rings is 1. The summed E-state index contributed by atoms with van der Waals surface area (Å²) in [5.41, 5.74) is 4.24. The van der Waals surface area contributed by atoms with Gasteiger partial charge in [-0.25, -0.2) is 5.43 Å². The van der Waals surface area contributed by atoms with Gasteiger partial charge in [0, 0.05) is 32.9 Å². The number of hydrogen-bond donors (Lipinski definition) is 1. The van der Waals surface area contributed by atoms with Crippen LogP contribution in [0.25, 0.3) is 0 Å². The van der Waals surface area contributed by atoms with Crippen molar-refractivity contribution in [3.63, 3.8) is 0 Å². The molecule has 118 valence electrons. The molecule has 0 spiro atoms. The smallest absolute Gasteiger partial charge is 0.329 e. The van der Waals surface area contributed by atoms with Crippen LogP contribution in [0.15, 0.2) is 29.4 Å². The van der Waals surface area contributed by atoms with Crippen LogP contribution in [0.5, 0.6) is 0 Å². The number of carbonyl (C=O) groups is 2. The van der Waals surface area contributed by atoms with Gasteiger partial charge in [0.25, 0.3) is 0 Å². The maximum atomic E-state index is 11.9. The topological polar surface area (TPSA) is 65.0 Å². The molecular formula is C16H22N4O2. The van der Waals surface area contributed by atoms with E-state index < -0.39 is 11.8 Å².